The van der Waals surface area contributed by atoms with Crippen molar-refractivity contribution in [2.45, 2.75) is 19.6 Å². The van der Waals surface area contributed by atoms with Crippen LogP contribution >= 0.6 is 0 Å². The zero-order valence-corrected chi connectivity index (χ0v) is 16.1. The van der Waals surface area contributed by atoms with E-state index in [-0.39, 0.29) is 5.82 Å². The van der Waals surface area contributed by atoms with Crippen LogP contribution in [0.5, 0.6) is 11.5 Å². The molecule has 0 saturated carbocycles. The number of rotatable bonds is 6. The van der Waals surface area contributed by atoms with Crippen LogP contribution in [0.25, 0.3) is 11.1 Å². The number of methoxy groups -OCH3 is 1. The molecule has 2 aromatic heterocycles. The van der Waals surface area contributed by atoms with E-state index in [2.05, 4.69) is 16.0 Å². The first-order valence-corrected chi connectivity index (χ1v) is 9.28. The Balaban J connectivity index is 1.81. The van der Waals surface area contributed by atoms with Crippen molar-refractivity contribution in [2.24, 2.45) is 0 Å². The lowest BCUT2D eigenvalue weighted by Gasteiger charge is -2.23. The molecule has 0 saturated heterocycles. The molecule has 1 aliphatic rings. The summed E-state index contributed by atoms with van der Waals surface area (Å²) < 4.78 is 19.2. The molecule has 2 N–H and O–H groups in total. The summed E-state index contributed by atoms with van der Waals surface area (Å²) in [5.74, 6) is 1.36. The molecule has 3 heterocycles. The number of imidazole rings is 1. The lowest BCUT2D eigenvalue weighted by Crippen LogP contribution is -2.16. The van der Waals surface area contributed by atoms with Gasteiger partial charge in [0.15, 0.2) is 11.5 Å². The Morgan fingerprint density at radius 3 is 3.03 bits per heavy atom. The molecule has 1 aromatic carbocycles. The fourth-order valence-corrected chi connectivity index (χ4v) is 3.50. The highest BCUT2D eigenvalue weighted by atomic mass is 16.5. The number of aromatic nitrogens is 3. The first kappa shape index (κ1) is 18.8. The normalized spacial score (nSPS) is 12.8. The molecule has 29 heavy (non-hydrogen) atoms. The van der Waals surface area contributed by atoms with Gasteiger partial charge in [-0.3, -0.25) is 0 Å². The van der Waals surface area contributed by atoms with Gasteiger partial charge >= 0.3 is 0 Å². The highest BCUT2D eigenvalue weighted by Crippen LogP contribution is 2.43. The third-order valence-corrected chi connectivity index (χ3v) is 4.88. The number of nitrogen functional groups attached to an aromatic ring is 1. The molecule has 4 rings (SSSR count). The zero-order chi connectivity index (χ0) is 20.2. The van der Waals surface area contributed by atoms with Crippen molar-refractivity contribution in [1.82, 2.24) is 14.5 Å². The van der Waals surface area contributed by atoms with Crippen molar-refractivity contribution in [3.05, 3.63) is 53.7 Å². The molecule has 8 heteroatoms. The predicted molar refractivity (Wildman–Crippen MR) is 106 cm³/mol. The third-order valence-electron chi connectivity index (χ3n) is 4.88. The second-order valence-corrected chi connectivity index (χ2v) is 6.57. The lowest BCUT2D eigenvalue weighted by molar-refractivity contribution is 0.109. The molecule has 0 aliphatic carbocycles. The second kappa shape index (κ2) is 8.20. The van der Waals surface area contributed by atoms with E-state index in [1.807, 2.05) is 29.0 Å². The fourth-order valence-electron chi connectivity index (χ4n) is 3.50. The molecule has 3 aromatic rings. The SMILES string of the molecule is COc1cccc(-c2c(C#N)c(N)nc3c2COCC3)c1OCCn1ccnc1. The Morgan fingerprint density at radius 1 is 1.38 bits per heavy atom. The molecule has 8 nitrogen and oxygen atoms in total. The molecule has 0 amide bonds. The molecule has 148 valence electrons. The van der Waals surface area contributed by atoms with E-state index in [1.165, 1.54) is 0 Å². The van der Waals surface area contributed by atoms with Gasteiger partial charge in [0.2, 0.25) is 0 Å². The standard InChI is InChI=1S/C21H21N5O3/c1-27-18-4-2-3-14(20(18)29-10-8-26-7-6-24-13-26)19-15(11-22)21(23)25-17-5-9-28-12-16(17)19/h2-4,6-7,13H,5,8-10,12H2,1H3,(H2,23,25). The van der Waals surface area contributed by atoms with Crippen molar-refractivity contribution in [1.29, 1.82) is 5.26 Å². The van der Waals surface area contributed by atoms with Crippen LogP contribution in [-0.2, 0) is 24.3 Å². The minimum atomic E-state index is 0.218. The largest absolute Gasteiger partial charge is 0.493 e. The van der Waals surface area contributed by atoms with Gasteiger partial charge in [0.25, 0.3) is 0 Å². The molecular weight excluding hydrogens is 370 g/mol. The average molecular weight is 391 g/mol. The van der Waals surface area contributed by atoms with Gasteiger partial charge in [-0.25, -0.2) is 9.97 Å². The number of fused-ring (bicyclic) bond motifs is 1. The van der Waals surface area contributed by atoms with E-state index >= 15 is 0 Å². The number of hydrogen-bond acceptors (Lipinski definition) is 7. The lowest BCUT2D eigenvalue weighted by atomic mass is 9.92. The van der Waals surface area contributed by atoms with Gasteiger partial charge in [0.1, 0.15) is 24.1 Å². The number of pyridine rings is 1. The fraction of sp³-hybridized carbons (Fsp3) is 0.286. The maximum atomic E-state index is 9.79. The van der Waals surface area contributed by atoms with Gasteiger partial charge in [-0.15, -0.1) is 0 Å². The van der Waals surface area contributed by atoms with Crippen LogP contribution in [-0.4, -0.2) is 34.9 Å². The maximum Gasteiger partial charge on any atom is 0.169 e. The molecule has 0 fully saturated rings. The van der Waals surface area contributed by atoms with Crippen LogP contribution in [0, 0.1) is 11.3 Å². The molecule has 0 radical (unpaired) electrons. The number of nitrogens with zero attached hydrogens (tertiary/aromatic N) is 4. The van der Waals surface area contributed by atoms with Crippen LogP contribution in [0.2, 0.25) is 0 Å². The predicted octanol–water partition coefficient (Wildman–Crippen LogP) is 2.56. The second-order valence-electron chi connectivity index (χ2n) is 6.57. The number of nitrogens with two attached hydrogens (primary N) is 1. The summed E-state index contributed by atoms with van der Waals surface area (Å²) in [4.78, 5) is 8.47. The highest BCUT2D eigenvalue weighted by Gasteiger charge is 2.25. The first-order valence-electron chi connectivity index (χ1n) is 9.28. The molecule has 0 spiro atoms. The summed E-state index contributed by atoms with van der Waals surface area (Å²) in [7, 11) is 1.59. The molecular formula is C21H21N5O3. The van der Waals surface area contributed by atoms with Crippen molar-refractivity contribution in [3.8, 4) is 28.7 Å². The summed E-state index contributed by atoms with van der Waals surface area (Å²) in [6.07, 6.45) is 5.98. The van der Waals surface area contributed by atoms with Crippen LogP contribution in [0.3, 0.4) is 0 Å². The van der Waals surface area contributed by atoms with E-state index in [4.69, 9.17) is 19.9 Å². The smallest absolute Gasteiger partial charge is 0.169 e. The first-order chi connectivity index (χ1) is 14.2. The quantitative estimate of drug-likeness (QED) is 0.688. The van der Waals surface area contributed by atoms with Crippen molar-refractivity contribution in [3.63, 3.8) is 0 Å². The minimum Gasteiger partial charge on any atom is -0.493 e. The van der Waals surface area contributed by atoms with E-state index in [0.29, 0.717) is 55.4 Å². The summed E-state index contributed by atoms with van der Waals surface area (Å²) in [5, 5.41) is 9.79. The van der Waals surface area contributed by atoms with Crippen LogP contribution < -0.4 is 15.2 Å². The molecule has 0 unspecified atom stereocenters. The summed E-state index contributed by atoms with van der Waals surface area (Å²) in [6, 6.07) is 7.80. The van der Waals surface area contributed by atoms with Gasteiger partial charge in [0.05, 0.1) is 38.9 Å². The number of ether oxygens (including phenoxy) is 3. The Kier molecular flexibility index (Phi) is 5.31. The van der Waals surface area contributed by atoms with Gasteiger partial charge in [-0.1, -0.05) is 12.1 Å². The Bertz CT molecular complexity index is 1060. The van der Waals surface area contributed by atoms with E-state index in [0.717, 1.165) is 16.8 Å². The highest BCUT2D eigenvalue weighted by molar-refractivity contribution is 5.84. The Labute approximate surface area is 168 Å². The van der Waals surface area contributed by atoms with Crippen molar-refractivity contribution in [2.75, 3.05) is 26.1 Å². The maximum absolute atomic E-state index is 9.79. The van der Waals surface area contributed by atoms with E-state index in [1.54, 1.807) is 19.6 Å². The summed E-state index contributed by atoms with van der Waals surface area (Å²) in [6.45, 7) is 1.99. The summed E-state index contributed by atoms with van der Waals surface area (Å²) in [5.41, 5.74) is 9.61. The molecule has 0 atom stereocenters. The number of para-hydroxylation sites is 1. The van der Waals surface area contributed by atoms with Gasteiger partial charge in [0, 0.05) is 35.5 Å². The number of benzene rings is 1. The van der Waals surface area contributed by atoms with Crippen molar-refractivity contribution < 1.29 is 14.2 Å². The van der Waals surface area contributed by atoms with Gasteiger partial charge in [-0.2, -0.15) is 5.26 Å². The number of nitriles is 1. The van der Waals surface area contributed by atoms with Crippen LogP contribution in [0.1, 0.15) is 16.8 Å². The Hall–Kier alpha value is -3.57. The van der Waals surface area contributed by atoms with E-state index < -0.39 is 0 Å². The van der Waals surface area contributed by atoms with E-state index in [9.17, 15) is 5.26 Å². The van der Waals surface area contributed by atoms with Gasteiger partial charge < -0.3 is 24.5 Å². The van der Waals surface area contributed by atoms with Crippen LogP contribution in [0.15, 0.2) is 36.9 Å². The Morgan fingerprint density at radius 2 is 2.28 bits per heavy atom. The summed E-state index contributed by atoms with van der Waals surface area (Å²) >= 11 is 0. The minimum absolute atomic E-state index is 0.218. The number of hydrogen-bond donors (Lipinski definition) is 1. The third kappa shape index (κ3) is 3.60. The average Bonchev–Trinajstić information content (AvgIpc) is 3.26. The number of anilines is 1. The molecule has 0 bridgehead atoms. The van der Waals surface area contributed by atoms with Gasteiger partial charge in [-0.05, 0) is 6.07 Å². The molecule has 1 aliphatic heterocycles. The van der Waals surface area contributed by atoms with Crippen LogP contribution in [0.4, 0.5) is 5.82 Å². The monoisotopic (exact) mass is 391 g/mol. The van der Waals surface area contributed by atoms with Crippen molar-refractivity contribution >= 4 is 5.82 Å². The zero-order valence-electron chi connectivity index (χ0n) is 16.1. The topological polar surface area (TPSA) is 108 Å².